The molecule has 4 aromatic carbocycles. The number of hydrogen-bond acceptors (Lipinski definition) is 22. The molecule has 30 nitrogen and oxygen atoms in total. The van der Waals surface area contributed by atoms with Gasteiger partial charge in [-0.3, -0.25) is 24.0 Å². The number of nitrogens with zero attached hydrogens (tertiary/aromatic N) is 17. The van der Waals surface area contributed by atoms with Crippen molar-refractivity contribution >= 4 is 70.1 Å². The van der Waals surface area contributed by atoms with E-state index in [0.717, 1.165) is 15.4 Å². The van der Waals surface area contributed by atoms with E-state index < -0.39 is 119 Å². The highest BCUT2D eigenvalue weighted by molar-refractivity contribution is 6.32. The number of amides is 4. The molecule has 4 N–H and O–H groups in total. The number of ether oxygens (including phenoxy) is 3. The lowest BCUT2D eigenvalue weighted by Crippen LogP contribution is -2.45. The van der Waals surface area contributed by atoms with Crippen LogP contribution in [0.1, 0.15) is 154 Å². The number of carbonyl (C=O) groups excluding carboxylic acids is 6. The van der Waals surface area contributed by atoms with Crippen molar-refractivity contribution in [2.45, 2.75) is 130 Å². The molecule has 120 heavy (non-hydrogen) atoms. The van der Waals surface area contributed by atoms with E-state index in [1.807, 2.05) is 18.2 Å². The molecule has 0 spiro atoms. The molecule has 1 aliphatic rings. The van der Waals surface area contributed by atoms with E-state index >= 15 is 0 Å². The van der Waals surface area contributed by atoms with Crippen molar-refractivity contribution in [1.29, 1.82) is 15.8 Å². The zero-order chi connectivity index (χ0) is 88.5. The lowest BCUT2D eigenvalue weighted by molar-refractivity contribution is -0.312. The van der Waals surface area contributed by atoms with Crippen molar-refractivity contribution < 1.29 is 95.7 Å². The molecule has 0 bridgehead atoms. The molecule has 626 valence electrons. The molecule has 4 amide bonds. The summed E-state index contributed by atoms with van der Waals surface area (Å²) in [6.45, 7) is 16.2. The summed E-state index contributed by atoms with van der Waals surface area (Å²) < 4.78 is 172. The van der Waals surface area contributed by atoms with Crippen LogP contribution in [0.2, 0.25) is 10.0 Å². The lowest BCUT2D eigenvalue weighted by Gasteiger charge is -2.22. The van der Waals surface area contributed by atoms with Crippen molar-refractivity contribution in [1.82, 2.24) is 80.6 Å². The Labute approximate surface area is 682 Å². The first-order valence-electron chi connectivity index (χ1n) is 34.9. The summed E-state index contributed by atoms with van der Waals surface area (Å²) in [7, 11) is 0. The van der Waals surface area contributed by atoms with Crippen LogP contribution in [-0.2, 0) is 44.5 Å². The number of pyridine rings is 2. The molecule has 11 rings (SSSR count). The number of tetrazole rings is 2. The highest BCUT2D eigenvalue weighted by Crippen LogP contribution is 2.60. The Morgan fingerprint density at radius 1 is 0.583 bits per heavy atom. The third-order valence-corrected chi connectivity index (χ3v) is 17.4. The fourth-order valence-electron chi connectivity index (χ4n) is 11.4. The number of nitrogens with one attached hydrogen (secondary N) is 4. The van der Waals surface area contributed by atoms with Crippen LogP contribution in [0.25, 0.3) is 11.6 Å². The van der Waals surface area contributed by atoms with Crippen LogP contribution in [-0.4, -0.2) is 135 Å². The topological polar surface area (TPSA) is 398 Å². The number of anilines is 2. The number of hydrogen-bond donors (Lipinski definition) is 4. The molecular weight excluding hydrogens is 1650 g/mol. The third-order valence-electron chi connectivity index (χ3n) is 16.8. The highest BCUT2D eigenvalue weighted by Gasteiger charge is 2.62. The van der Waals surface area contributed by atoms with Crippen molar-refractivity contribution in [3.8, 4) is 41.3 Å². The van der Waals surface area contributed by atoms with Crippen LogP contribution >= 0.6 is 23.2 Å². The molecule has 1 aliphatic carbocycles. The van der Waals surface area contributed by atoms with Gasteiger partial charge in [-0.25, -0.2) is 28.8 Å². The molecule has 0 aliphatic heterocycles. The average Bonchev–Trinajstić information content (AvgIpc) is 1.57. The molecule has 0 radical (unpaired) electrons. The molecule has 6 aromatic heterocycles. The maximum atomic E-state index is 13.7. The van der Waals surface area contributed by atoms with Crippen molar-refractivity contribution in [2.75, 3.05) is 10.6 Å². The second-order valence-electron chi connectivity index (χ2n) is 28.8. The predicted octanol–water partition coefficient (Wildman–Crippen LogP) is 14.3. The molecule has 3 atom stereocenters. The van der Waals surface area contributed by atoms with Crippen LogP contribution < -0.4 is 26.0 Å². The summed E-state index contributed by atoms with van der Waals surface area (Å²) in [6, 6.07) is 35.3. The minimum absolute atomic E-state index is 0.0167. The maximum absolute atomic E-state index is 13.7. The van der Waals surface area contributed by atoms with Gasteiger partial charge in [0.05, 0.1) is 79.7 Å². The highest BCUT2D eigenvalue weighted by atomic mass is 35.5. The van der Waals surface area contributed by atoms with Gasteiger partial charge in [0, 0.05) is 35.1 Å². The standard InChI is InChI=1S/C26H21F6NO5.2C25H22ClF3N10O2/c1-24(2)18(11-12-20(34)38-23(25(27,28)29)26(30,31)32)21(24)22(35)37-19(14-33)15-7-6-10-17(13-15)36-16-8-4-3-5-9-16;1-13-8-14(11-30)9-16(21(40)33-24(2,3)4)19(13)32-22(41)18-10-15(12-38-23(25(27,28)29)34-36-37-38)35-39(18)20-17(26)6-5-7-31-20;1-13-8-14(11-30)9-16(21(40)33-24(2,3)4)19(13)32-22(41)18-10-15(12-38-36-23(34-37-38)25(27,28)29)35-39(18)20-17(26)6-5-7-31-20/h3-13,18-19,21,23H,1-2H3;2*5-10H,12H2,1-4H3,(H,32,41)(H,33,40)/b12-11-;;/t18-,19+,21-;;/m0../s1. The normalized spacial score (nSPS) is 14.2. The van der Waals surface area contributed by atoms with E-state index in [2.05, 4.69) is 77.1 Å². The predicted molar refractivity (Wildman–Crippen MR) is 398 cm³/mol. The fraction of sp³-hybridized carbons (Fsp3) is 0.303. The Kier molecular flexibility index (Phi) is 27.1. The van der Waals surface area contributed by atoms with Gasteiger partial charge in [-0.2, -0.15) is 83.5 Å². The minimum Gasteiger partial charge on any atom is -0.457 e. The number of aromatic nitrogens is 14. The van der Waals surface area contributed by atoms with E-state index in [4.69, 9.17) is 32.7 Å². The van der Waals surface area contributed by atoms with E-state index in [1.165, 1.54) is 67.0 Å². The molecule has 10 aromatic rings. The third kappa shape index (κ3) is 22.9. The number of nitriles is 3. The monoisotopic (exact) mass is 1710 g/mol. The summed E-state index contributed by atoms with van der Waals surface area (Å²) in [4.78, 5) is 87.0. The summed E-state index contributed by atoms with van der Waals surface area (Å²) in [5.74, 6) is -8.72. The molecule has 44 heteroatoms. The van der Waals surface area contributed by atoms with Gasteiger partial charge in [-0.05, 0) is 178 Å². The van der Waals surface area contributed by atoms with Gasteiger partial charge in [-0.15, -0.1) is 15.3 Å². The molecule has 1 fully saturated rings. The van der Waals surface area contributed by atoms with Gasteiger partial charge in [0.25, 0.3) is 41.4 Å². The number of carbonyl (C=O) groups is 6. The number of halogens is 14. The van der Waals surface area contributed by atoms with E-state index in [-0.39, 0.29) is 84.6 Å². The summed E-state index contributed by atoms with van der Waals surface area (Å²) in [5, 5.41) is 67.4. The van der Waals surface area contributed by atoms with Crippen molar-refractivity contribution in [3.63, 3.8) is 0 Å². The van der Waals surface area contributed by atoms with Gasteiger partial charge in [0.15, 0.2) is 11.6 Å². The summed E-state index contributed by atoms with van der Waals surface area (Å²) in [5.41, 5.74) is -0.335. The van der Waals surface area contributed by atoms with E-state index in [9.17, 15) is 97.2 Å². The smallest absolute Gasteiger partial charge is 0.455 e. The van der Waals surface area contributed by atoms with Crippen LogP contribution in [0, 0.1) is 65.1 Å². The molecule has 1 saturated carbocycles. The Bertz CT molecular complexity index is 5680. The zero-order valence-corrected chi connectivity index (χ0v) is 65.6. The number of rotatable bonds is 20. The zero-order valence-electron chi connectivity index (χ0n) is 64.1. The molecule has 0 saturated heterocycles. The van der Waals surface area contributed by atoms with Gasteiger partial charge < -0.3 is 35.5 Å². The Hall–Kier alpha value is -13.7. The number of benzene rings is 4. The Balaban J connectivity index is 0.000000205. The minimum atomic E-state index is -5.84. The number of esters is 2. The number of alkyl halides is 12. The molecule has 0 unspecified atom stereocenters. The fourth-order valence-corrected chi connectivity index (χ4v) is 11.8. The van der Waals surface area contributed by atoms with E-state index in [0.29, 0.717) is 43.7 Å². The lowest BCUT2D eigenvalue weighted by atomic mass is 10.0. The van der Waals surface area contributed by atoms with Crippen LogP contribution in [0.5, 0.6) is 11.5 Å². The first kappa shape index (κ1) is 90.2. The second-order valence-corrected chi connectivity index (χ2v) is 29.6. The Morgan fingerprint density at radius 3 is 1.53 bits per heavy atom. The van der Waals surface area contributed by atoms with Crippen molar-refractivity contribution in [3.05, 3.63) is 223 Å². The van der Waals surface area contributed by atoms with Crippen molar-refractivity contribution in [2.24, 2.45) is 17.3 Å². The maximum Gasteiger partial charge on any atom is 0.455 e. The molecular formula is C76H65Cl2F12N21O9. The van der Waals surface area contributed by atoms with E-state index in [1.54, 1.807) is 130 Å². The van der Waals surface area contributed by atoms with Crippen LogP contribution in [0.4, 0.5) is 64.1 Å². The first-order valence-corrected chi connectivity index (χ1v) is 35.6. The summed E-state index contributed by atoms with van der Waals surface area (Å²) in [6.07, 6.45) is -22.7. The van der Waals surface area contributed by atoms with Gasteiger partial charge >= 0.3 is 36.6 Å². The largest absolute Gasteiger partial charge is 0.457 e. The quantitative estimate of drug-likeness (QED) is 0.0313. The average molecular weight is 1720 g/mol. The second kappa shape index (κ2) is 36.0. The van der Waals surface area contributed by atoms with Gasteiger partial charge in [0.1, 0.15) is 35.5 Å². The van der Waals surface area contributed by atoms with Gasteiger partial charge in [0.2, 0.25) is 6.10 Å². The van der Waals surface area contributed by atoms with Crippen LogP contribution in [0.15, 0.2) is 140 Å². The molecule has 6 heterocycles. The SMILES string of the molecule is CC1(C)[C@H](C(=O)O[C@H](C#N)c2cccc(Oc3ccccc3)c2)[C@@H]1/C=C\C(=O)OC(C(F)(F)F)C(F)(F)F.Cc1cc(C#N)cc(C(=O)NC(C)(C)C)c1NC(=O)c1cc(Cn2nnc(C(F)(F)F)n2)nn1-c1ncccc1Cl.Cc1cc(C#N)cc(C(=O)NC(C)(C)C)c1NC(=O)c1cc(Cn2nnnc2C(F)(F)F)nn1-c1ncccc1Cl. The first-order chi connectivity index (χ1) is 56.0. The Morgan fingerprint density at radius 2 is 1.08 bits per heavy atom. The number of allylic oxidation sites excluding steroid dienone is 1. The summed E-state index contributed by atoms with van der Waals surface area (Å²) >= 11 is 12.6. The number of para-hydroxylation sites is 1. The van der Waals surface area contributed by atoms with Gasteiger partial charge in [-0.1, -0.05) is 73.5 Å². The van der Waals surface area contributed by atoms with Crippen LogP contribution in [0.3, 0.4) is 0 Å². The number of aryl methyl sites for hydroxylation is 2.